The molecule has 0 fully saturated rings. The Balaban J connectivity index is 1.84. The van der Waals surface area contributed by atoms with Gasteiger partial charge in [-0.2, -0.15) is 0 Å². The average molecular weight is 303 g/mol. The standard InChI is InChI=1S/C19H17N3O/c23-19(22-18-8-4-5-11-21-18)17(16-6-2-1-3-7-16)14-15-9-12-20-13-10-15/h1-13,17H,14H2,(H,21,22,23). The second kappa shape index (κ2) is 7.31. The van der Waals surface area contributed by atoms with E-state index in [-0.39, 0.29) is 11.8 Å². The van der Waals surface area contributed by atoms with Gasteiger partial charge in [0, 0.05) is 18.6 Å². The third kappa shape index (κ3) is 4.01. The Morgan fingerprint density at radius 3 is 2.35 bits per heavy atom. The van der Waals surface area contributed by atoms with Gasteiger partial charge in [0.05, 0.1) is 5.92 Å². The van der Waals surface area contributed by atoms with E-state index in [1.165, 1.54) is 0 Å². The number of benzene rings is 1. The molecule has 0 radical (unpaired) electrons. The van der Waals surface area contributed by atoms with Crippen LogP contribution in [0.3, 0.4) is 0 Å². The molecule has 0 bridgehead atoms. The first-order chi connectivity index (χ1) is 11.3. The second-order valence-corrected chi connectivity index (χ2v) is 5.23. The Kier molecular flexibility index (Phi) is 4.74. The van der Waals surface area contributed by atoms with E-state index in [4.69, 9.17) is 0 Å². The number of hydrogen-bond acceptors (Lipinski definition) is 3. The molecule has 0 spiro atoms. The molecule has 0 saturated heterocycles. The van der Waals surface area contributed by atoms with Crippen LogP contribution < -0.4 is 5.32 Å². The molecule has 2 aromatic heterocycles. The van der Waals surface area contributed by atoms with E-state index in [1.54, 1.807) is 24.7 Å². The summed E-state index contributed by atoms with van der Waals surface area (Å²) in [4.78, 5) is 20.9. The summed E-state index contributed by atoms with van der Waals surface area (Å²) in [6.45, 7) is 0. The SMILES string of the molecule is O=C(Nc1ccccn1)C(Cc1ccncc1)c1ccccc1. The van der Waals surface area contributed by atoms with Gasteiger partial charge >= 0.3 is 0 Å². The number of hydrogen-bond donors (Lipinski definition) is 1. The van der Waals surface area contributed by atoms with Crippen LogP contribution in [0.15, 0.2) is 79.3 Å². The first-order valence-electron chi connectivity index (χ1n) is 7.48. The predicted molar refractivity (Wildman–Crippen MR) is 90.0 cm³/mol. The Hall–Kier alpha value is -3.01. The fourth-order valence-corrected chi connectivity index (χ4v) is 2.45. The van der Waals surface area contributed by atoms with Crippen molar-refractivity contribution in [3.8, 4) is 0 Å². The minimum atomic E-state index is -0.277. The molecule has 0 aliphatic rings. The summed E-state index contributed by atoms with van der Waals surface area (Å²) in [7, 11) is 0. The minimum Gasteiger partial charge on any atom is -0.310 e. The maximum atomic E-state index is 12.8. The van der Waals surface area contributed by atoms with Gasteiger partial charge in [-0.1, -0.05) is 36.4 Å². The lowest BCUT2D eigenvalue weighted by Gasteiger charge is -2.17. The molecule has 1 atom stereocenters. The summed E-state index contributed by atoms with van der Waals surface area (Å²) >= 11 is 0. The van der Waals surface area contributed by atoms with Gasteiger partial charge in [0.25, 0.3) is 0 Å². The van der Waals surface area contributed by atoms with E-state index in [2.05, 4.69) is 15.3 Å². The van der Waals surface area contributed by atoms with E-state index in [9.17, 15) is 4.79 Å². The van der Waals surface area contributed by atoms with Gasteiger partial charge in [0.15, 0.2) is 0 Å². The van der Waals surface area contributed by atoms with E-state index >= 15 is 0 Å². The average Bonchev–Trinajstić information content (AvgIpc) is 2.62. The summed E-state index contributed by atoms with van der Waals surface area (Å²) in [5.74, 6) is 0.223. The summed E-state index contributed by atoms with van der Waals surface area (Å²) < 4.78 is 0. The third-order valence-electron chi connectivity index (χ3n) is 3.62. The van der Waals surface area contributed by atoms with Crippen molar-refractivity contribution in [2.24, 2.45) is 0 Å². The van der Waals surface area contributed by atoms with Crippen LogP contribution in [-0.2, 0) is 11.2 Å². The van der Waals surface area contributed by atoms with Crippen molar-refractivity contribution < 1.29 is 4.79 Å². The largest absolute Gasteiger partial charge is 0.310 e. The number of amides is 1. The fraction of sp³-hybridized carbons (Fsp3) is 0.105. The Labute approximate surface area is 135 Å². The zero-order valence-corrected chi connectivity index (χ0v) is 12.6. The summed E-state index contributed by atoms with van der Waals surface area (Å²) in [5.41, 5.74) is 2.06. The monoisotopic (exact) mass is 303 g/mol. The maximum absolute atomic E-state index is 12.8. The highest BCUT2D eigenvalue weighted by Gasteiger charge is 2.21. The number of aromatic nitrogens is 2. The van der Waals surface area contributed by atoms with Crippen LogP contribution in [0.5, 0.6) is 0 Å². The van der Waals surface area contributed by atoms with Crippen LogP contribution in [0.1, 0.15) is 17.0 Å². The predicted octanol–water partition coefficient (Wildman–Crippen LogP) is 3.44. The lowest BCUT2D eigenvalue weighted by atomic mass is 9.91. The zero-order valence-electron chi connectivity index (χ0n) is 12.6. The normalized spacial score (nSPS) is 11.7. The number of nitrogens with zero attached hydrogens (tertiary/aromatic N) is 2. The van der Waals surface area contributed by atoms with Gasteiger partial charge in [-0.05, 0) is 41.8 Å². The second-order valence-electron chi connectivity index (χ2n) is 5.23. The lowest BCUT2D eigenvalue weighted by Crippen LogP contribution is -2.23. The van der Waals surface area contributed by atoms with E-state index in [0.29, 0.717) is 12.2 Å². The quantitative estimate of drug-likeness (QED) is 0.785. The molecule has 2 heterocycles. The summed E-state index contributed by atoms with van der Waals surface area (Å²) in [6, 6.07) is 19.1. The Morgan fingerprint density at radius 1 is 0.913 bits per heavy atom. The van der Waals surface area contributed by atoms with Gasteiger partial charge in [0.1, 0.15) is 5.82 Å². The van der Waals surface area contributed by atoms with E-state index in [1.807, 2.05) is 54.6 Å². The molecule has 1 aromatic carbocycles. The van der Waals surface area contributed by atoms with Crippen LogP contribution in [0.2, 0.25) is 0 Å². The number of pyridine rings is 2. The first kappa shape index (κ1) is 14.9. The van der Waals surface area contributed by atoms with Crippen molar-refractivity contribution in [1.29, 1.82) is 0 Å². The Bertz CT molecular complexity index is 745. The molecule has 23 heavy (non-hydrogen) atoms. The third-order valence-corrected chi connectivity index (χ3v) is 3.62. The number of nitrogens with one attached hydrogen (secondary N) is 1. The van der Waals surface area contributed by atoms with Crippen molar-refractivity contribution in [3.05, 3.63) is 90.4 Å². The number of carbonyl (C=O) groups is 1. The van der Waals surface area contributed by atoms with Crippen molar-refractivity contribution >= 4 is 11.7 Å². The van der Waals surface area contributed by atoms with E-state index in [0.717, 1.165) is 11.1 Å². The van der Waals surface area contributed by atoms with Crippen LogP contribution in [-0.4, -0.2) is 15.9 Å². The lowest BCUT2D eigenvalue weighted by molar-refractivity contribution is -0.117. The van der Waals surface area contributed by atoms with Gasteiger partial charge in [-0.25, -0.2) is 4.98 Å². The molecule has 4 heteroatoms. The molecular weight excluding hydrogens is 286 g/mol. The fourth-order valence-electron chi connectivity index (χ4n) is 2.45. The molecule has 3 aromatic rings. The molecule has 3 rings (SSSR count). The number of anilines is 1. The molecule has 4 nitrogen and oxygen atoms in total. The zero-order chi connectivity index (χ0) is 15.9. The number of carbonyl (C=O) groups excluding carboxylic acids is 1. The van der Waals surface area contributed by atoms with Crippen molar-refractivity contribution in [1.82, 2.24) is 9.97 Å². The first-order valence-corrected chi connectivity index (χ1v) is 7.48. The van der Waals surface area contributed by atoms with Gasteiger partial charge in [0.2, 0.25) is 5.91 Å². The number of rotatable bonds is 5. The van der Waals surface area contributed by atoms with Crippen LogP contribution in [0.4, 0.5) is 5.82 Å². The molecule has 1 unspecified atom stereocenters. The smallest absolute Gasteiger partial charge is 0.233 e. The highest BCUT2D eigenvalue weighted by Crippen LogP contribution is 2.22. The van der Waals surface area contributed by atoms with Crippen molar-refractivity contribution in [2.45, 2.75) is 12.3 Å². The van der Waals surface area contributed by atoms with E-state index < -0.39 is 0 Å². The van der Waals surface area contributed by atoms with Gasteiger partial charge < -0.3 is 5.32 Å². The van der Waals surface area contributed by atoms with Crippen LogP contribution >= 0.6 is 0 Å². The van der Waals surface area contributed by atoms with Crippen LogP contribution in [0.25, 0.3) is 0 Å². The topological polar surface area (TPSA) is 54.9 Å². The molecule has 114 valence electrons. The Morgan fingerprint density at radius 2 is 1.65 bits per heavy atom. The molecule has 1 N–H and O–H groups in total. The summed E-state index contributed by atoms with van der Waals surface area (Å²) in [6.07, 6.45) is 5.77. The molecule has 0 aliphatic carbocycles. The highest BCUT2D eigenvalue weighted by atomic mass is 16.1. The van der Waals surface area contributed by atoms with Crippen molar-refractivity contribution in [2.75, 3.05) is 5.32 Å². The van der Waals surface area contributed by atoms with Crippen LogP contribution in [0, 0.1) is 0 Å². The highest BCUT2D eigenvalue weighted by molar-refractivity contribution is 5.95. The summed E-state index contributed by atoms with van der Waals surface area (Å²) in [5, 5.41) is 2.90. The molecular formula is C19H17N3O. The molecule has 0 saturated carbocycles. The van der Waals surface area contributed by atoms with Crippen molar-refractivity contribution in [3.63, 3.8) is 0 Å². The minimum absolute atomic E-state index is 0.0632. The molecule has 1 amide bonds. The van der Waals surface area contributed by atoms with Gasteiger partial charge in [-0.15, -0.1) is 0 Å². The molecule has 0 aliphatic heterocycles. The maximum Gasteiger partial charge on any atom is 0.233 e. The van der Waals surface area contributed by atoms with Gasteiger partial charge in [-0.3, -0.25) is 9.78 Å².